The zero-order valence-corrected chi connectivity index (χ0v) is 14.8. The zero-order chi connectivity index (χ0) is 18.6. The van der Waals surface area contributed by atoms with Gasteiger partial charge in [0.2, 0.25) is 5.95 Å². The molecule has 138 valence electrons. The van der Waals surface area contributed by atoms with Crippen molar-refractivity contribution in [2.75, 3.05) is 33.2 Å². The van der Waals surface area contributed by atoms with Crippen LogP contribution in [0.4, 0.5) is 4.39 Å². The van der Waals surface area contributed by atoms with Gasteiger partial charge >= 0.3 is 5.97 Å². The van der Waals surface area contributed by atoms with Gasteiger partial charge in [0.15, 0.2) is 5.69 Å². The predicted octanol–water partition coefficient (Wildman–Crippen LogP) is 1.26. The number of fused-ring (bicyclic) bond motifs is 2. The Hall–Kier alpha value is -2.48. The van der Waals surface area contributed by atoms with E-state index < -0.39 is 23.2 Å². The maximum absolute atomic E-state index is 14.7. The fourth-order valence-corrected chi connectivity index (χ4v) is 4.33. The lowest BCUT2D eigenvalue weighted by molar-refractivity contribution is -0.153. The Balaban J connectivity index is 1.68. The summed E-state index contributed by atoms with van der Waals surface area (Å²) in [4.78, 5) is 32.5. The molecule has 2 fully saturated rings. The van der Waals surface area contributed by atoms with Gasteiger partial charge in [0, 0.05) is 25.8 Å². The molecule has 7 nitrogen and oxygen atoms in total. The van der Waals surface area contributed by atoms with Crippen molar-refractivity contribution < 1.29 is 19.1 Å². The average Bonchev–Trinajstić information content (AvgIpc) is 3.13. The third kappa shape index (κ3) is 2.39. The van der Waals surface area contributed by atoms with Crippen molar-refractivity contribution in [3.05, 3.63) is 35.5 Å². The highest BCUT2D eigenvalue weighted by Crippen LogP contribution is 2.42. The molecular weight excluding hydrogens is 339 g/mol. The van der Waals surface area contributed by atoms with E-state index >= 15 is 0 Å². The third-order valence-electron chi connectivity index (χ3n) is 5.73. The van der Waals surface area contributed by atoms with Crippen LogP contribution in [0.5, 0.6) is 0 Å². The molecule has 2 atom stereocenters. The molecule has 2 aliphatic heterocycles. The van der Waals surface area contributed by atoms with Gasteiger partial charge in [-0.05, 0) is 44.5 Å². The first-order chi connectivity index (χ1) is 12.3. The summed E-state index contributed by atoms with van der Waals surface area (Å²) in [6, 6.07) is 3.46. The van der Waals surface area contributed by atoms with Crippen molar-refractivity contribution in [2.24, 2.45) is 11.3 Å². The number of pyridine rings is 1. The number of likely N-dealkylation sites (tertiary alicyclic amines) is 2. The molecule has 2 aliphatic rings. The van der Waals surface area contributed by atoms with Gasteiger partial charge in [0.05, 0.1) is 0 Å². The minimum Gasteiger partial charge on any atom is -0.481 e. The lowest BCUT2D eigenvalue weighted by Crippen LogP contribution is -2.52. The SMILES string of the molecule is Cc1ccc2nc(C(=O)N3C[C@@H]4CCN(C)C[C@]4(C(=O)O)C3)c(F)n2c1. The number of piperidine rings is 1. The van der Waals surface area contributed by atoms with Gasteiger partial charge in [0.25, 0.3) is 5.91 Å². The highest BCUT2D eigenvalue weighted by molar-refractivity contribution is 5.94. The second kappa shape index (κ2) is 5.77. The Morgan fingerprint density at radius 2 is 2.12 bits per heavy atom. The van der Waals surface area contributed by atoms with Gasteiger partial charge in [-0.3, -0.25) is 14.0 Å². The van der Waals surface area contributed by atoms with Crippen LogP contribution in [0, 0.1) is 24.2 Å². The number of aromatic nitrogens is 2. The summed E-state index contributed by atoms with van der Waals surface area (Å²) in [5, 5.41) is 9.83. The number of rotatable bonds is 2. The summed E-state index contributed by atoms with van der Waals surface area (Å²) in [5.74, 6) is -2.26. The first kappa shape index (κ1) is 17.0. The van der Waals surface area contributed by atoms with E-state index in [0.29, 0.717) is 25.2 Å². The van der Waals surface area contributed by atoms with Gasteiger partial charge in [-0.25, -0.2) is 4.98 Å². The first-order valence-corrected chi connectivity index (χ1v) is 8.67. The highest BCUT2D eigenvalue weighted by atomic mass is 19.1. The van der Waals surface area contributed by atoms with Crippen LogP contribution in [0.1, 0.15) is 22.5 Å². The lowest BCUT2D eigenvalue weighted by Gasteiger charge is -2.39. The molecule has 0 radical (unpaired) electrons. The third-order valence-corrected chi connectivity index (χ3v) is 5.73. The van der Waals surface area contributed by atoms with Crippen LogP contribution in [0.3, 0.4) is 0 Å². The maximum atomic E-state index is 14.7. The van der Waals surface area contributed by atoms with Crippen molar-refractivity contribution >= 4 is 17.5 Å². The molecule has 0 aliphatic carbocycles. The second-order valence-electron chi connectivity index (χ2n) is 7.56. The first-order valence-electron chi connectivity index (χ1n) is 8.67. The van der Waals surface area contributed by atoms with Crippen LogP contribution in [0.25, 0.3) is 5.65 Å². The van der Waals surface area contributed by atoms with E-state index in [0.717, 1.165) is 12.1 Å². The second-order valence-corrected chi connectivity index (χ2v) is 7.56. The van der Waals surface area contributed by atoms with Crippen molar-refractivity contribution in [2.45, 2.75) is 13.3 Å². The van der Waals surface area contributed by atoms with E-state index in [1.807, 2.05) is 18.9 Å². The Labute approximate surface area is 150 Å². The number of carbonyl (C=O) groups is 2. The molecule has 1 N–H and O–H groups in total. The van der Waals surface area contributed by atoms with E-state index in [-0.39, 0.29) is 18.2 Å². The normalized spacial score (nSPS) is 26.3. The molecule has 2 aromatic rings. The number of hydrogen-bond acceptors (Lipinski definition) is 4. The van der Waals surface area contributed by atoms with Gasteiger partial charge < -0.3 is 14.9 Å². The average molecular weight is 360 g/mol. The van der Waals surface area contributed by atoms with Crippen molar-refractivity contribution in [1.29, 1.82) is 0 Å². The van der Waals surface area contributed by atoms with Crippen LogP contribution in [-0.2, 0) is 4.79 Å². The van der Waals surface area contributed by atoms with Gasteiger partial charge in [-0.2, -0.15) is 4.39 Å². The fourth-order valence-electron chi connectivity index (χ4n) is 4.33. The smallest absolute Gasteiger partial charge is 0.313 e. The van der Waals surface area contributed by atoms with E-state index in [2.05, 4.69) is 4.98 Å². The lowest BCUT2D eigenvalue weighted by atomic mass is 9.73. The number of aliphatic carboxylic acids is 1. The van der Waals surface area contributed by atoms with Crippen molar-refractivity contribution in [3.63, 3.8) is 0 Å². The van der Waals surface area contributed by atoms with Gasteiger partial charge in [-0.1, -0.05) is 6.07 Å². The summed E-state index contributed by atoms with van der Waals surface area (Å²) >= 11 is 0. The molecule has 2 saturated heterocycles. The largest absolute Gasteiger partial charge is 0.481 e. The molecule has 8 heteroatoms. The molecule has 4 rings (SSSR count). The van der Waals surface area contributed by atoms with E-state index in [1.165, 1.54) is 9.30 Å². The predicted molar refractivity (Wildman–Crippen MR) is 91.5 cm³/mol. The summed E-state index contributed by atoms with van der Waals surface area (Å²) in [6.45, 7) is 3.43. The van der Waals surface area contributed by atoms with E-state index in [4.69, 9.17) is 0 Å². The molecule has 1 amide bonds. The topological polar surface area (TPSA) is 78.2 Å². The van der Waals surface area contributed by atoms with Crippen LogP contribution >= 0.6 is 0 Å². The quantitative estimate of drug-likeness (QED) is 0.872. The van der Waals surface area contributed by atoms with Gasteiger partial charge in [-0.15, -0.1) is 0 Å². The number of imidazole rings is 1. The number of hydrogen-bond donors (Lipinski definition) is 1. The monoisotopic (exact) mass is 360 g/mol. The molecule has 0 bridgehead atoms. The summed E-state index contributed by atoms with van der Waals surface area (Å²) in [7, 11) is 1.88. The Kier molecular flexibility index (Phi) is 3.76. The number of aryl methyl sites for hydroxylation is 1. The fraction of sp³-hybridized carbons (Fsp3) is 0.500. The molecule has 4 heterocycles. The number of amides is 1. The molecule has 0 spiro atoms. The molecule has 0 unspecified atom stereocenters. The van der Waals surface area contributed by atoms with E-state index in [1.54, 1.807) is 18.3 Å². The van der Waals surface area contributed by atoms with Crippen LogP contribution < -0.4 is 0 Å². The molecule has 0 aromatic carbocycles. The standard InChI is InChI=1S/C18H21FN4O3/c1-11-3-4-13-20-14(15(19)23(13)7-11)16(24)22-8-12-5-6-21(2)9-18(12,10-22)17(25)26/h3-4,7,12H,5-6,8-10H2,1-2H3,(H,25,26)/t12-,18-/m0/s1. The molecule has 2 aromatic heterocycles. The van der Waals surface area contributed by atoms with E-state index in [9.17, 15) is 19.1 Å². The molecule has 0 saturated carbocycles. The van der Waals surface area contributed by atoms with Crippen molar-refractivity contribution in [1.82, 2.24) is 19.2 Å². The maximum Gasteiger partial charge on any atom is 0.313 e. The van der Waals surface area contributed by atoms with Crippen LogP contribution in [-0.4, -0.2) is 69.4 Å². The number of halogens is 1. The van der Waals surface area contributed by atoms with Crippen LogP contribution in [0.2, 0.25) is 0 Å². The Morgan fingerprint density at radius 1 is 1.35 bits per heavy atom. The molecular formula is C18H21FN4O3. The number of carboxylic acids is 1. The minimum absolute atomic E-state index is 0.0858. The summed E-state index contributed by atoms with van der Waals surface area (Å²) < 4.78 is 16.0. The number of nitrogens with zero attached hydrogens (tertiary/aromatic N) is 4. The van der Waals surface area contributed by atoms with Crippen LogP contribution in [0.15, 0.2) is 18.3 Å². The Bertz CT molecular complexity index is 911. The highest BCUT2D eigenvalue weighted by Gasteiger charge is 2.55. The zero-order valence-electron chi connectivity index (χ0n) is 14.8. The summed E-state index contributed by atoms with van der Waals surface area (Å²) in [5.41, 5.74) is -0.0220. The Morgan fingerprint density at radius 3 is 2.85 bits per heavy atom. The molecule has 26 heavy (non-hydrogen) atoms. The summed E-state index contributed by atoms with van der Waals surface area (Å²) in [6.07, 6.45) is 2.30. The van der Waals surface area contributed by atoms with Gasteiger partial charge in [0.1, 0.15) is 11.1 Å². The number of carboxylic acid groups (broad SMARTS) is 1. The number of carbonyl (C=O) groups excluding carboxylic acids is 1. The van der Waals surface area contributed by atoms with Crippen molar-refractivity contribution in [3.8, 4) is 0 Å². The minimum atomic E-state index is -0.991.